The van der Waals surface area contributed by atoms with Crippen molar-refractivity contribution in [3.8, 4) is 0 Å². The average Bonchev–Trinajstić information content (AvgIpc) is 2.77. The third-order valence-corrected chi connectivity index (χ3v) is 3.35. The molecule has 96 valence electrons. The molecular formula is C14H9BrF2N2. The summed E-state index contributed by atoms with van der Waals surface area (Å²) in [5, 5.41) is 0. The van der Waals surface area contributed by atoms with Crippen molar-refractivity contribution in [3.05, 3.63) is 63.9 Å². The lowest BCUT2D eigenvalue weighted by Gasteiger charge is -1.98. The summed E-state index contributed by atoms with van der Waals surface area (Å²) in [5.41, 5.74) is 1.59. The zero-order valence-electron chi connectivity index (χ0n) is 9.75. The summed E-state index contributed by atoms with van der Waals surface area (Å²) in [6.07, 6.45) is 0.537. The highest BCUT2D eigenvalue weighted by Gasteiger charge is 2.12. The molecule has 0 aliphatic carbocycles. The Bertz CT molecular complexity index is 752. The van der Waals surface area contributed by atoms with Crippen LogP contribution in [0.4, 0.5) is 8.78 Å². The Morgan fingerprint density at radius 1 is 1.16 bits per heavy atom. The lowest BCUT2D eigenvalue weighted by atomic mass is 10.1. The van der Waals surface area contributed by atoms with E-state index in [1.165, 1.54) is 6.07 Å². The van der Waals surface area contributed by atoms with Crippen molar-refractivity contribution < 1.29 is 8.78 Å². The van der Waals surface area contributed by atoms with Gasteiger partial charge in [0.05, 0.1) is 5.52 Å². The number of halogens is 3. The highest BCUT2D eigenvalue weighted by molar-refractivity contribution is 9.10. The zero-order chi connectivity index (χ0) is 13.4. The summed E-state index contributed by atoms with van der Waals surface area (Å²) in [6, 6.07) is 10.3. The van der Waals surface area contributed by atoms with Gasteiger partial charge in [-0.15, -0.1) is 0 Å². The van der Waals surface area contributed by atoms with Crippen LogP contribution < -0.4 is 0 Å². The number of aromatic nitrogens is 2. The first-order chi connectivity index (χ1) is 9.13. The first-order valence-electron chi connectivity index (χ1n) is 5.70. The smallest absolute Gasteiger partial charge is 0.186 e. The number of hydrogen-bond acceptors (Lipinski definition) is 1. The Kier molecular flexibility index (Phi) is 3.06. The zero-order valence-corrected chi connectivity index (χ0v) is 11.3. The van der Waals surface area contributed by atoms with Crippen LogP contribution in [0.3, 0.4) is 0 Å². The molecule has 1 aromatic heterocycles. The standard InChI is InChI=1S/C14H9BrF2N2/c15-9-3-1-2-8(6-9)7-12-18-11-5-4-10(16)13(17)14(11)19-12/h1-6H,7H2,(H,18,19). The Balaban J connectivity index is 2.00. The van der Waals surface area contributed by atoms with Gasteiger partial charge in [0.15, 0.2) is 11.6 Å². The second-order valence-electron chi connectivity index (χ2n) is 4.25. The molecule has 0 atom stereocenters. The molecule has 0 bridgehead atoms. The maximum absolute atomic E-state index is 13.5. The van der Waals surface area contributed by atoms with Gasteiger partial charge < -0.3 is 4.98 Å². The summed E-state index contributed by atoms with van der Waals surface area (Å²) in [6.45, 7) is 0. The van der Waals surface area contributed by atoms with Gasteiger partial charge in [-0.05, 0) is 29.8 Å². The van der Waals surface area contributed by atoms with Crippen molar-refractivity contribution >= 4 is 27.0 Å². The molecule has 0 fully saturated rings. The predicted molar refractivity (Wildman–Crippen MR) is 73.0 cm³/mol. The number of imidazole rings is 1. The van der Waals surface area contributed by atoms with Crippen LogP contribution in [0, 0.1) is 11.6 Å². The van der Waals surface area contributed by atoms with E-state index < -0.39 is 11.6 Å². The van der Waals surface area contributed by atoms with Crippen molar-refractivity contribution in [2.24, 2.45) is 0 Å². The number of benzene rings is 2. The number of nitrogens with one attached hydrogen (secondary N) is 1. The van der Waals surface area contributed by atoms with Crippen molar-refractivity contribution in [2.45, 2.75) is 6.42 Å². The Morgan fingerprint density at radius 3 is 2.79 bits per heavy atom. The molecule has 0 amide bonds. The van der Waals surface area contributed by atoms with Crippen molar-refractivity contribution in [2.75, 3.05) is 0 Å². The van der Waals surface area contributed by atoms with Crippen LogP contribution in [-0.4, -0.2) is 9.97 Å². The quantitative estimate of drug-likeness (QED) is 0.752. The second-order valence-corrected chi connectivity index (χ2v) is 5.16. The lowest BCUT2D eigenvalue weighted by Crippen LogP contribution is -1.90. The molecule has 5 heteroatoms. The predicted octanol–water partition coefficient (Wildman–Crippen LogP) is 4.19. The van der Waals surface area contributed by atoms with E-state index in [1.54, 1.807) is 0 Å². The number of H-pyrrole nitrogens is 1. The molecule has 3 rings (SSSR count). The van der Waals surface area contributed by atoms with Gasteiger partial charge in [-0.2, -0.15) is 0 Å². The number of hydrogen-bond donors (Lipinski definition) is 1. The fraction of sp³-hybridized carbons (Fsp3) is 0.0714. The summed E-state index contributed by atoms with van der Waals surface area (Å²) in [4.78, 5) is 7.11. The summed E-state index contributed by atoms with van der Waals surface area (Å²) < 4.78 is 27.6. The first-order valence-corrected chi connectivity index (χ1v) is 6.50. The van der Waals surface area contributed by atoms with E-state index in [2.05, 4.69) is 25.9 Å². The molecule has 19 heavy (non-hydrogen) atoms. The van der Waals surface area contributed by atoms with E-state index in [0.717, 1.165) is 16.1 Å². The minimum absolute atomic E-state index is 0.0463. The summed E-state index contributed by atoms with van der Waals surface area (Å²) >= 11 is 3.39. The molecule has 0 saturated carbocycles. The Hall–Kier alpha value is -1.75. The molecule has 2 aromatic carbocycles. The van der Waals surface area contributed by atoms with Gasteiger partial charge in [-0.25, -0.2) is 13.8 Å². The number of rotatable bonds is 2. The van der Waals surface area contributed by atoms with Crippen LogP contribution in [0.25, 0.3) is 11.0 Å². The summed E-state index contributed by atoms with van der Waals surface area (Å²) in [5.74, 6) is -1.18. The first kappa shape index (κ1) is 12.3. The number of nitrogens with zero attached hydrogens (tertiary/aromatic N) is 1. The van der Waals surface area contributed by atoms with Crippen molar-refractivity contribution in [3.63, 3.8) is 0 Å². The van der Waals surface area contributed by atoms with E-state index in [0.29, 0.717) is 17.8 Å². The molecule has 0 unspecified atom stereocenters. The Labute approximate surface area is 116 Å². The number of fused-ring (bicyclic) bond motifs is 1. The third kappa shape index (κ3) is 2.38. The molecule has 2 nitrogen and oxygen atoms in total. The van der Waals surface area contributed by atoms with E-state index in [9.17, 15) is 8.78 Å². The van der Waals surface area contributed by atoms with Gasteiger partial charge in [-0.1, -0.05) is 28.1 Å². The summed E-state index contributed by atoms with van der Waals surface area (Å²) in [7, 11) is 0. The van der Waals surface area contributed by atoms with Crippen LogP contribution in [0.1, 0.15) is 11.4 Å². The van der Waals surface area contributed by atoms with Gasteiger partial charge >= 0.3 is 0 Å². The van der Waals surface area contributed by atoms with Crippen LogP contribution in [0.5, 0.6) is 0 Å². The van der Waals surface area contributed by atoms with E-state index >= 15 is 0 Å². The maximum atomic E-state index is 13.5. The maximum Gasteiger partial charge on any atom is 0.186 e. The molecule has 3 aromatic rings. The highest BCUT2D eigenvalue weighted by atomic mass is 79.9. The monoisotopic (exact) mass is 322 g/mol. The lowest BCUT2D eigenvalue weighted by molar-refractivity contribution is 0.515. The molecule has 0 aliphatic rings. The molecular weight excluding hydrogens is 314 g/mol. The molecule has 1 N–H and O–H groups in total. The van der Waals surface area contributed by atoms with Crippen molar-refractivity contribution in [1.82, 2.24) is 9.97 Å². The topological polar surface area (TPSA) is 28.7 Å². The van der Waals surface area contributed by atoms with Crippen LogP contribution in [0.2, 0.25) is 0 Å². The molecule has 1 heterocycles. The molecule has 0 spiro atoms. The van der Waals surface area contributed by atoms with E-state index in [-0.39, 0.29) is 5.52 Å². The molecule has 0 aliphatic heterocycles. The highest BCUT2D eigenvalue weighted by Crippen LogP contribution is 2.20. The minimum Gasteiger partial charge on any atom is -0.342 e. The van der Waals surface area contributed by atoms with Gasteiger partial charge in [0.25, 0.3) is 0 Å². The van der Waals surface area contributed by atoms with Crippen LogP contribution >= 0.6 is 15.9 Å². The average molecular weight is 323 g/mol. The fourth-order valence-corrected chi connectivity index (χ4v) is 2.44. The second kappa shape index (κ2) is 4.74. The van der Waals surface area contributed by atoms with Crippen LogP contribution in [0.15, 0.2) is 40.9 Å². The SMILES string of the molecule is Fc1ccc2[nH]c(Cc3cccc(Br)c3)nc2c1F. The van der Waals surface area contributed by atoms with Gasteiger partial charge in [0, 0.05) is 10.9 Å². The van der Waals surface area contributed by atoms with Crippen molar-refractivity contribution in [1.29, 1.82) is 0 Å². The third-order valence-electron chi connectivity index (χ3n) is 2.86. The van der Waals surface area contributed by atoms with Gasteiger partial charge in [0.1, 0.15) is 11.3 Å². The normalized spacial score (nSPS) is 11.1. The van der Waals surface area contributed by atoms with E-state index in [1.807, 2.05) is 24.3 Å². The van der Waals surface area contributed by atoms with E-state index in [4.69, 9.17) is 0 Å². The fourth-order valence-electron chi connectivity index (χ4n) is 1.99. The largest absolute Gasteiger partial charge is 0.342 e. The van der Waals surface area contributed by atoms with Crippen LogP contribution in [-0.2, 0) is 6.42 Å². The molecule has 0 radical (unpaired) electrons. The minimum atomic E-state index is -0.908. The molecule has 0 saturated heterocycles. The Morgan fingerprint density at radius 2 is 2.00 bits per heavy atom. The van der Waals surface area contributed by atoms with Gasteiger partial charge in [-0.3, -0.25) is 0 Å². The van der Waals surface area contributed by atoms with Gasteiger partial charge in [0.2, 0.25) is 0 Å². The number of aromatic amines is 1.